The molecule has 0 radical (unpaired) electrons. The third kappa shape index (κ3) is 6.94. The Kier molecular flexibility index (Phi) is 9.94. The molecule has 0 aliphatic rings. The fraction of sp³-hybridized carbons (Fsp3) is 0.310. The van der Waals surface area contributed by atoms with Gasteiger partial charge in [-0.3, -0.25) is 13.9 Å². The zero-order chi connectivity index (χ0) is 27.9. The van der Waals surface area contributed by atoms with Crippen LogP contribution in [-0.4, -0.2) is 43.8 Å². The number of anilines is 1. The number of carbonyl (C=O) groups excluding carboxylic acids is 2. The van der Waals surface area contributed by atoms with E-state index >= 15 is 0 Å². The lowest BCUT2D eigenvalue weighted by Crippen LogP contribution is -2.52. The summed E-state index contributed by atoms with van der Waals surface area (Å²) in [6.07, 6.45) is 0.736. The minimum atomic E-state index is -4.15. The summed E-state index contributed by atoms with van der Waals surface area (Å²) >= 11 is 6.42. The number of para-hydroxylation sites is 1. The molecule has 3 rings (SSSR count). The molecule has 0 aliphatic carbocycles. The molecule has 38 heavy (non-hydrogen) atoms. The largest absolute Gasteiger partial charge is 0.352 e. The maximum Gasteiger partial charge on any atom is 0.264 e. The van der Waals surface area contributed by atoms with Gasteiger partial charge in [0.1, 0.15) is 12.6 Å². The molecule has 0 bridgehead atoms. The Balaban J connectivity index is 2.04. The quantitative estimate of drug-likeness (QED) is 0.353. The summed E-state index contributed by atoms with van der Waals surface area (Å²) in [6.45, 7) is 7.04. The summed E-state index contributed by atoms with van der Waals surface area (Å²) < 4.78 is 28.5. The number of nitrogens with zero attached hydrogens (tertiary/aromatic N) is 2. The molecule has 0 aliphatic heterocycles. The number of hydrogen-bond acceptors (Lipinski definition) is 4. The van der Waals surface area contributed by atoms with Crippen LogP contribution in [0.5, 0.6) is 0 Å². The smallest absolute Gasteiger partial charge is 0.264 e. The van der Waals surface area contributed by atoms with E-state index in [1.165, 1.54) is 17.0 Å². The molecule has 7 nitrogen and oxygen atoms in total. The summed E-state index contributed by atoms with van der Waals surface area (Å²) in [6, 6.07) is 21.0. The third-order valence-corrected chi connectivity index (χ3v) is 8.60. The van der Waals surface area contributed by atoms with Gasteiger partial charge in [0.05, 0.1) is 15.6 Å². The Bertz CT molecular complexity index is 1370. The van der Waals surface area contributed by atoms with Crippen molar-refractivity contribution in [3.05, 3.63) is 95.0 Å². The van der Waals surface area contributed by atoms with Gasteiger partial charge >= 0.3 is 0 Å². The zero-order valence-corrected chi connectivity index (χ0v) is 23.7. The number of rotatable bonds is 11. The predicted molar refractivity (Wildman–Crippen MR) is 152 cm³/mol. The van der Waals surface area contributed by atoms with Gasteiger partial charge < -0.3 is 10.2 Å². The summed E-state index contributed by atoms with van der Waals surface area (Å²) in [4.78, 5) is 28.5. The van der Waals surface area contributed by atoms with E-state index in [-0.39, 0.29) is 34.1 Å². The highest BCUT2D eigenvalue weighted by molar-refractivity contribution is 7.92. The van der Waals surface area contributed by atoms with Crippen LogP contribution in [0.2, 0.25) is 5.02 Å². The topological polar surface area (TPSA) is 86.8 Å². The van der Waals surface area contributed by atoms with E-state index in [1.807, 2.05) is 45.0 Å². The highest BCUT2D eigenvalue weighted by Gasteiger charge is 2.33. The maximum atomic E-state index is 13.9. The van der Waals surface area contributed by atoms with Crippen LogP contribution in [0, 0.1) is 6.92 Å². The lowest BCUT2D eigenvalue weighted by Gasteiger charge is -2.33. The molecule has 0 aromatic heterocycles. The average molecular weight is 556 g/mol. The van der Waals surface area contributed by atoms with Crippen LogP contribution in [0.4, 0.5) is 5.69 Å². The van der Waals surface area contributed by atoms with E-state index in [1.54, 1.807) is 49.4 Å². The summed E-state index contributed by atoms with van der Waals surface area (Å²) in [5.41, 5.74) is 2.00. The minimum absolute atomic E-state index is 0.0285. The standard InChI is InChI=1S/C29H34ClN3O4S/c1-5-22(3)31-29(35)23(4)32(19-24-14-10-9-13-21(24)2)28(34)20-33(27-18-12-11-17-26(27)30)38(36,37)25-15-7-6-8-16-25/h6-18,22-23H,5,19-20H2,1-4H3,(H,31,35)/t22-,23-/m1/s1. The molecule has 3 aromatic carbocycles. The first kappa shape index (κ1) is 29.2. The van der Waals surface area contributed by atoms with Crippen LogP contribution >= 0.6 is 11.6 Å². The Hall–Kier alpha value is -3.36. The monoisotopic (exact) mass is 555 g/mol. The number of sulfonamides is 1. The SMILES string of the molecule is CC[C@@H](C)NC(=O)[C@@H](C)N(Cc1ccccc1C)C(=O)CN(c1ccccc1Cl)S(=O)(=O)c1ccccc1. The van der Waals surface area contributed by atoms with Crippen LogP contribution in [0.25, 0.3) is 0 Å². The predicted octanol–water partition coefficient (Wildman–Crippen LogP) is 5.18. The van der Waals surface area contributed by atoms with E-state index in [0.29, 0.717) is 0 Å². The first-order valence-electron chi connectivity index (χ1n) is 12.5. The molecule has 0 heterocycles. The zero-order valence-electron chi connectivity index (χ0n) is 22.1. The fourth-order valence-electron chi connectivity index (χ4n) is 3.91. The summed E-state index contributed by atoms with van der Waals surface area (Å²) in [5.74, 6) is -0.837. The second-order valence-electron chi connectivity index (χ2n) is 9.22. The lowest BCUT2D eigenvalue weighted by molar-refractivity contribution is -0.139. The third-order valence-electron chi connectivity index (χ3n) is 6.50. The number of hydrogen-bond donors (Lipinski definition) is 1. The highest BCUT2D eigenvalue weighted by Crippen LogP contribution is 2.30. The van der Waals surface area contributed by atoms with Gasteiger partial charge in [0, 0.05) is 12.6 Å². The van der Waals surface area contributed by atoms with Crippen molar-refractivity contribution in [1.29, 1.82) is 0 Å². The van der Waals surface area contributed by atoms with Gasteiger partial charge in [-0.1, -0.05) is 73.1 Å². The average Bonchev–Trinajstić information content (AvgIpc) is 2.91. The minimum Gasteiger partial charge on any atom is -0.352 e. The van der Waals surface area contributed by atoms with Crippen LogP contribution in [0.3, 0.4) is 0 Å². The number of halogens is 1. The normalized spacial score (nSPS) is 12.9. The molecule has 0 saturated carbocycles. The van der Waals surface area contributed by atoms with Crippen molar-refractivity contribution in [3.63, 3.8) is 0 Å². The van der Waals surface area contributed by atoms with Crippen molar-refractivity contribution >= 4 is 39.1 Å². The van der Waals surface area contributed by atoms with Crippen molar-refractivity contribution in [1.82, 2.24) is 10.2 Å². The van der Waals surface area contributed by atoms with E-state index in [0.717, 1.165) is 21.9 Å². The van der Waals surface area contributed by atoms with Gasteiger partial charge in [0.2, 0.25) is 11.8 Å². The van der Waals surface area contributed by atoms with Gasteiger partial charge in [-0.15, -0.1) is 0 Å². The Morgan fingerprint density at radius 2 is 1.53 bits per heavy atom. The molecule has 3 aromatic rings. The van der Waals surface area contributed by atoms with Gasteiger partial charge in [-0.05, 0) is 62.6 Å². The van der Waals surface area contributed by atoms with E-state index in [9.17, 15) is 18.0 Å². The van der Waals surface area contributed by atoms with Gasteiger partial charge in [-0.25, -0.2) is 8.42 Å². The number of aryl methyl sites for hydroxylation is 1. The van der Waals surface area contributed by atoms with E-state index in [2.05, 4.69) is 5.32 Å². The molecule has 0 spiro atoms. The molecule has 0 saturated heterocycles. The second kappa shape index (κ2) is 12.9. The van der Waals surface area contributed by atoms with Crippen LogP contribution in [-0.2, 0) is 26.2 Å². The van der Waals surface area contributed by atoms with Crippen LogP contribution in [0.15, 0.2) is 83.8 Å². The molecular weight excluding hydrogens is 522 g/mol. The van der Waals surface area contributed by atoms with E-state index < -0.39 is 28.5 Å². The lowest BCUT2D eigenvalue weighted by atomic mass is 10.1. The molecule has 0 unspecified atom stereocenters. The number of carbonyl (C=O) groups is 2. The van der Waals surface area contributed by atoms with Crippen molar-refractivity contribution in [3.8, 4) is 0 Å². The van der Waals surface area contributed by atoms with Crippen LogP contribution in [0.1, 0.15) is 38.3 Å². The van der Waals surface area contributed by atoms with Crippen LogP contribution < -0.4 is 9.62 Å². The van der Waals surface area contributed by atoms with E-state index in [4.69, 9.17) is 11.6 Å². The molecular formula is C29H34ClN3O4S. The van der Waals surface area contributed by atoms with Crippen molar-refractivity contribution in [2.45, 2.75) is 57.6 Å². The Morgan fingerprint density at radius 1 is 0.921 bits per heavy atom. The summed E-state index contributed by atoms with van der Waals surface area (Å²) in [5, 5.41) is 3.12. The molecule has 0 fully saturated rings. The molecule has 9 heteroatoms. The van der Waals surface area contributed by atoms with Crippen molar-refractivity contribution in [2.24, 2.45) is 0 Å². The van der Waals surface area contributed by atoms with Gasteiger partial charge in [-0.2, -0.15) is 0 Å². The van der Waals surface area contributed by atoms with Crippen molar-refractivity contribution in [2.75, 3.05) is 10.8 Å². The fourth-order valence-corrected chi connectivity index (χ4v) is 5.65. The second-order valence-corrected chi connectivity index (χ2v) is 11.5. The van der Waals surface area contributed by atoms with Crippen molar-refractivity contribution < 1.29 is 18.0 Å². The first-order valence-corrected chi connectivity index (χ1v) is 14.3. The number of nitrogens with one attached hydrogen (secondary N) is 1. The van der Waals surface area contributed by atoms with Gasteiger partial charge in [0.25, 0.3) is 10.0 Å². The Labute approximate surface area is 230 Å². The number of benzene rings is 3. The molecule has 2 atom stereocenters. The number of amides is 2. The maximum absolute atomic E-state index is 13.9. The first-order chi connectivity index (χ1) is 18.1. The van der Waals surface area contributed by atoms with Gasteiger partial charge in [0.15, 0.2) is 0 Å². The summed E-state index contributed by atoms with van der Waals surface area (Å²) in [7, 11) is -4.15. The molecule has 202 valence electrons. The Morgan fingerprint density at radius 3 is 2.16 bits per heavy atom. The highest BCUT2D eigenvalue weighted by atomic mass is 35.5. The molecule has 2 amide bonds. The molecule has 1 N–H and O–H groups in total.